The van der Waals surface area contributed by atoms with Crippen molar-refractivity contribution in [1.29, 1.82) is 0 Å². The molecular weight excluding hydrogens is 382 g/mol. The van der Waals surface area contributed by atoms with E-state index in [4.69, 9.17) is 4.98 Å². The van der Waals surface area contributed by atoms with Crippen LogP contribution in [-0.4, -0.2) is 17.4 Å². The van der Waals surface area contributed by atoms with E-state index in [1.165, 1.54) is 16.5 Å². The minimum Gasteiger partial charge on any atom is -0.326 e. The van der Waals surface area contributed by atoms with Crippen molar-refractivity contribution in [3.8, 4) is 0 Å². The third-order valence-corrected chi connectivity index (χ3v) is 5.81. The summed E-state index contributed by atoms with van der Waals surface area (Å²) in [5.41, 5.74) is 8.30. The maximum absolute atomic E-state index is 12.7. The number of pyridine rings is 1. The van der Waals surface area contributed by atoms with Crippen LogP contribution in [-0.2, 0) is 6.42 Å². The van der Waals surface area contributed by atoms with Gasteiger partial charge in [0, 0.05) is 28.9 Å². The quantitative estimate of drug-likeness (QED) is 0.446. The Labute approximate surface area is 182 Å². The number of rotatable bonds is 3. The van der Waals surface area contributed by atoms with Crippen LogP contribution in [0.25, 0.3) is 10.9 Å². The van der Waals surface area contributed by atoms with Gasteiger partial charge in [-0.3, -0.25) is 4.79 Å². The average molecular weight is 408 g/mol. The number of nitrogens with zero attached hydrogens (tertiary/aromatic N) is 2. The Kier molecular flexibility index (Phi) is 4.70. The van der Waals surface area contributed by atoms with E-state index in [-0.39, 0.29) is 5.91 Å². The first kappa shape index (κ1) is 19.3. The van der Waals surface area contributed by atoms with Crippen LogP contribution in [0.15, 0.2) is 66.7 Å². The number of fused-ring (bicyclic) bond motifs is 2. The monoisotopic (exact) mass is 407 g/mol. The Hall–Kier alpha value is -3.66. The molecule has 0 saturated carbocycles. The average Bonchev–Trinajstić information content (AvgIpc) is 3.14. The van der Waals surface area contributed by atoms with E-state index < -0.39 is 0 Å². The van der Waals surface area contributed by atoms with Crippen molar-refractivity contribution in [1.82, 2.24) is 4.98 Å². The lowest BCUT2D eigenvalue weighted by Gasteiger charge is -2.19. The molecule has 0 unspecified atom stereocenters. The number of benzene rings is 3. The van der Waals surface area contributed by atoms with Gasteiger partial charge in [-0.2, -0.15) is 0 Å². The first-order valence-electron chi connectivity index (χ1n) is 10.6. The van der Waals surface area contributed by atoms with E-state index in [0.717, 1.165) is 46.8 Å². The Bertz CT molecular complexity index is 1290. The summed E-state index contributed by atoms with van der Waals surface area (Å²) in [5, 5.41) is 4.19. The summed E-state index contributed by atoms with van der Waals surface area (Å²) in [6.07, 6.45) is 0.973. The number of hydrogen-bond acceptors (Lipinski definition) is 3. The molecule has 0 aliphatic carbocycles. The fraction of sp³-hybridized carbons (Fsp3) is 0.185. The van der Waals surface area contributed by atoms with Gasteiger partial charge in [0.2, 0.25) is 0 Å². The van der Waals surface area contributed by atoms with Crippen LogP contribution in [0.4, 0.5) is 17.2 Å². The van der Waals surface area contributed by atoms with Crippen LogP contribution in [0.5, 0.6) is 0 Å². The summed E-state index contributed by atoms with van der Waals surface area (Å²) in [7, 11) is 0. The highest BCUT2D eigenvalue weighted by atomic mass is 16.1. The third kappa shape index (κ3) is 3.77. The van der Waals surface area contributed by atoms with Crippen molar-refractivity contribution in [2.45, 2.75) is 27.2 Å². The molecule has 0 atom stereocenters. The summed E-state index contributed by atoms with van der Waals surface area (Å²) in [5.74, 6) is 0.920. The molecule has 0 fully saturated rings. The zero-order valence-corrected chi connectivity index (χ0v) is 18.1. The number of hydrogen-bond donors (Lipinski definition) is 1. The molecule has 0 saturated heterocycles. The molecule has 1 amide bonds. The maximum atomic E-state index is 12.7. The Morgan fingerprint density at radius 1 is 0.871 bits per heavy atom. The van der Waals surface area contributed by atoms with E-state index in [0.29, 0.717) is 5.56 Å². The van der Waals surface area contributed by atoms with Gasteiger partial charge in [0.1, 0.15) is 5.82 Å². The Morgan fingerprint density at radius 3 is 2.35 bits per heavy atom. The van der Waals surface area contributed by atoms with E-state index >= 15 is 0 Å². The second kappa shape index (κ2) is 7.55. The van der Waals surface area contributed by atoms with E-state index in [2.05, 4.69) is 47.5 Å². The molecular formula is C27H25N3O. The van der Waals surface area contributed by atoms with Crippen molar-refractivity contribution in [2.75, 3.05) is 16.8 Å². The first-order valence-corrected chi connectivity index (χ1v) is 10.6. The van der Waals surface area contributed by atoms with Gasteiger partial charge in [-0.25, -0.2) is 4.98 Å². The molecule has 1 N–H and O–H groups in total. The zero-order chi connectivity index (χ0) is 21.5. The number of amides is 1. The predicted octanol–water partition coefficient (Wildman–Crippen LogP) is 6.11. The highest BCUT2D eigenvalue weighted by Gasteiger charge is 2.23. The van der Waals surface area contributed by atoms with Crippen molar-refractivity contribution >= 4 is 34.0 Å². The Morgan fingerprint density at radius 2 is 1.61 bits per heavy atom. The first-order chi connectivity index (χ1) is 15.0. The molecule has 31 heavy (non-hydrogen) atoms. The second-order valence-electron chi connectivity index (χ2n) is 8.45. The number of nitrogens with one attached hydrogen (secondary N) is 1. The fourth-order valence-electron chi connectivity index (χ4n) is 4.36. The number of aryl methyl sites for hydroxylation is 3. The smallest absolute Gasteiger partial charge is 0.255 e. The van der Waals surface area contributed by atoms with E-state index in [9.17, 15) is 4.79 Å². The van der Waals surface area contributed by atoms with Gasteiger partial charge in [-0.05, 0) is 98.0 Å². The summed E-state index contributed by atoms with van der Waals surface area (Å²) < 4.78 is 0. The van der Waals surface area contributed by atoms with Gasteiger partial charge in [-0.1, -0.05) is 18.2 Å². The highest BCUT2D eigenvalue weighted by molar-refractivity contribution is 6.04. The minimum absolute atomic E-state index is 0.0991. The van der Waals surface area contributed by atoms with Crippen LogP contribution in [0.1, 0.15) is 32.6 Å². The van der Waals surface area contributed by atoms with Crippen LogP contribution in [0.2, 0.25) is 0 Å². The molecule has 0 spiro atoms. The lowest BCUT2D eigenvalue weighted by molar-refractivity contribution is 0.102. The number of aromatic nitrogens is 1. The Balaban J connectivity index is 1.39. The fourth-order valence-corrected chi connectivity index (χ4v) is 4.36. The van der Waals surface area contributed by atoms with Gasteiger partial charge in [0.05, 0.1) is 5.52 Å². The van der Waals surface area contributed by atoms with Gasteiger partial charge in [-0.15, -0.1) is 0 Å². The number of carbonyl (C=O) groups is 1. The highest BCUT2D eigenvalue weighted by Crippen LogP contribution is 2.35. The molecule has 4 aromatic rings. The van der Waals surface area contributed by atoms with Gasteiger partial charge in [0.25, 0.3) is 5.91 Å². The zero-order valence-electron chi connectivity index (χ0n) is 18.1. The molecule has 4 heteroatoms. The van der Waals surface area contributed by atoms with Crippen molar-refractivity contribution in [2.24, 2.45) is 0 Å². The molecule has 154 valence electrons. The SMILES string of the molecule is Cc1cc(C)cc(NC(=O)c2ccc(N3CCc4cc5ccc(C)cc5nc43)cc2)c1. The van der Waals surface area contributed by atoms with Crippen molar-refractivity contribution in [3.63, 3.8) is 0 Å². The maximum Gasteiger partial charge on any atom is 0.255 e. The van der Waals surface area contributed by atoms with E-state index in [1.807, 2.05) is 50.2 Å². The summed E-state index contributed by atoms with van der Waals surface area (Å²) >= 11 is 0. The molecule has 1 aromatic heterocycles. The summed E-state index contributed by atoms with van der Waals surface area (Å²) in [6, 6.07) is 22.5. The minimum atomic E-state index is -0.0991. The summed E-state index contributed by atoms with van der Waals surface area (Å²) in [4.78, 5) is 19.9. The van der Waals surface area contributed by atoms with Crippen LogP contribution in [0, 0.1) is 20.8 Å². The van der Waals surface area contributed by atoms with Crippen LogP contribution >= 0.6 is 0 Å². The largest absolute Gasteiger partial charge is 0.326 e. The molecule has 4 nitrogen and oxygen atoms in total. The predicted molar refractivity (Wildman–Crippen MR) is 128 cm³/mol. The number of anilines is 3. The lowest BCUT2D eigenvalue weighted by Crippen LogP contribution is -2.15. The standard InChI is InChI=1S/C27H25N3O/c1-17-4-5-21-16-22-10-11-30(26(22)29-25(21)15-17)24-8-6-20(7-9-24)27(31)28-23-13-18(2)12-19(3)14-23/h4-9,12-16H,10-11H2,1-3H3,(H,28,31). The number of carbonyl (C=O) groups excluding carboxylic acids is 1. The molecule has 1 aliphatic heterocycles. The van der Waals surface area contributed by atoms with E-state index in [1.54, 1.807) is 0 Å². The van der Waals surface area contributed by atoms with Gasteiger partial charge >= 0.3 is 0 Å². The molecule has 0 radical (unpaired) electrons. The van der Waals surface area contributed by atoms with Crippen LogP contribution < -0.4 is 10.2 Å². The molecule has 5 rings (SSSR count). The lowest BCUT2D eigenvalue weighted by atomic mass is 10.1. The normalized spacial score (nSPS) is 12.8. The summed E-state index contributed by atoms with van der Waals surface area (Å²) in [6.45, 7) is 7.05. The molecule has 0 bridgehead atoms. The molecule has 1 aliphatic rings. The van der Waals surface area contributed by atoms with Crippen LogP contribution in [0.3, 0.4) is 0 Å². The topological polar surface area (TPSA) is 45.2 Å². The molecule has 3 aromatic carbocycles. The molecule has 2 heterocycles. The van der Waals surface area contributed by atoms with Gasteiger partial charge in [0.15, 0.2) is 0 Å². The second-order valence-corrected chi connectivity index (χ2v) is 8.45. The third-order valence-electron chi connectivity index (χ3n) is 5.81. The van der Waals surface area contributed by atoms with Crippen molar-refractivity contribution < 1.29 is 4.79 Å². The van der Waals surface area contributed by atoms with Crippen molar-refractivity contribution in [3.05, 3.63) is 94.5 Å². The van der Waals surface area contributed by atoms with Gasteiger partial charge < -0.3 is 10.2 Å².